The molecule has 2 saturated heterocycles. The summed E-state index contributed by atoms with van der Waals surface area (Å²) in [5.74, 6) is -3.91. The molecule has 5 bridgehead atoms. The largest absolute Gasteiger partial charge is 0.455 e. The standard InChI is InChI=1S/C37H41BrN6O7/c1-22(2)17-24(20-45)44-33-35(48)42(21-43-27-14-9-8-13-26(27)40-41-43)16-10-4-7-15-29(46)39-19-28(23-11-5-3-6-12-23)50-36(49)30-31(34(44)47)37(33)18-25(38)32(30)51-37/h3-6,8-14,18,22,24,28,30-33,45H,7,15-17,19-21H2,1-2H3,(H,39,46)/b10-4-/t24-,28+,30+,31-,32+,33+,37-/m1/s1. The Bertz CT molecular complexity index is 1880. The average Bonchev–Trinajstić information content (AvgIpc) is 3.85. The summed E-state index contributed by atoms with van der Waals surface area (Å²) in [6.07, 6.45) is 4.70. The molecule has 268 valence electrons. The number of ether oxygens (including phenoxy) is 2. The van der Waals surface area contributed by atoms with Crippen LogP contribution in [0.4, 0.5) is 0 Å². The minimum Gasteiger partial charge on any atom is -0.455 e. The van der Waals surface area contributed by atoms with Gasteiger partial charge in [-0.2, -0.15) is 0 Å². The fourth-order valence-electron chi connectivity index (χ4n) is 7.94. The fraction of sp³-hybridized carbons (Fsp3) is 0.459. The van der Waals surface area contributed by atoms with E-state index in [2.05, 4.69) is 31.6 Å². The van der Waals surface area contributed by atoms with Gasteiger partial charge in [0.2, 0.25) is 11.8 Å². The zero-order chi connectivity index (χ0) is 35.9. The molecule has 14 heteroatoms. The molecule has 7 rings (SSSR count). The van der Waals surface area contributed by atoms with Gasteiger partial charge < -0.3 is 29.7 Å². The summed E-state index contributed by atoms with van der Waals surface area (Å²) in [6.45, 7) is 3.73. The molecule has 2 N–H and O–H groups in total. The van der Waals surface area contributed by atoms with E-state index in [0.717, 1.165) is 0 Å². The Balaban J connectivity index is 1.34. The second kappa shape index (κ2) is 14.3. The molecule has 1 aromatic heterocycles. The highest BCUT2D eigenvalue weighted by Crippen LogP contribution is 2.59. The predicted octanol–water partition coefficient (Wildman–Crippen LogP) is 3.25. The lowest BCUT2D eigenvalue weighted by atomic mass is 9.74. The van der Waals surface area contributed by atoms with Gasteiger partial charge in [0.05, 0.1) is 30.6 Å². The van der Waals surface area contributed by atoms with Crippen LogP contribution in [0.3, 0.4) is 0 Å². The van der Waals surface area contributed by atoms with Gasteiger partial charge in [0.1, 0.15) is 42.0 Å². The second-order valence-electron chi connectivity index (χ2n) is 14.0. The summed E-state index contributed by atoms with van der Waals surface area (Å²) in [6, 6.07) is 14.6. The number of aliphatic hydroxyl groups excluding tert-OH is 1. The van der Waals surface area contributed by atoms with Gasteiger partial charge in [0.15, 0.2) is 0 Å². The number of nitrogens with one attached hydrogen (secondary N) is 1. The fourth-order valence-corrected chi connectivity index (χ4v) is 8.67. The molecule has 4 aliphatic rings. The van der Waals surface area contributed by atoms with Gasteiger partial charge in [-0.3, -0.25) is 19.2 Å². The van der Waals surface area contributed by atoms with Gasteiger partial charge in [0, 0.05) is 17.4 Å². The van der Waals surface area contributed by atoms with Crippen LogP contribution in [0.25, 0.3) is 11.0 Å². The third kappa shape index (κ3) is 6.38. The molecule has 2 aromatic carbocycles. The van der Waals surface area contributed by atoms with Crippen molar-refractivity contribution in [2.75, 3.05) is 19.7 Å². The summed E-state index contributed by atoms with van der Waals surface area (Å²) >= 11 is 3.60. The number of hydrogen-bond acceptors (Lipinski definition) is 9. The SMILES string of the molecule is CC(C)C[C@H](CO)N1C(=O)[C@H]2[C@@H]3C(=O)O[C@H](c4ccccc4)CNC(=O)CC/C=C\CN(Cn4nnc5ccccc54)C(=O)[C@H]1[C@@]21C=C(Br)[C@@H]3O1. The number of esters is 1. The first kappa shape index (κ1) is 35.0. The number of likely N-dealkylation sites (tertiary alicyclic amines) is 1. The number of halogens is 1. The number of carbonyl (C=O) groups excluding carboxylic acids is 4. The molecule has 0 unspecified atom stereocenters. The van der Waals surface area contributed by atoms with Crippen molar-refractivity contribution in [2.45, 2.75) is 69.7 Å². The molecule has 13 nitrogen and oxygen atoms in total. The Morgan fingerprint density at radius 1 is 1.04 bits per heavy atom. The van der Waals surface area contributed by atoms with Crippen LogP contribution in [-0.2, 0) is 35.3 Å². The van der Waals surface area contributed by atoms with E-state index in [4.69, 9.17) is 9.47 Å². The number of cyclic esters (lactones) is 1. The molecular weight excluding hydrogens is 720 g/mol. The molecular formula is C37H41BrN6O7. The molecule has 3 aromatic rings. The molecule has 0 saturated carbocycles. The third-order valence-corrected chi connectivity index (χ3v) is 10.9. The van der Waals surface area contributed by atoms with Gasteiger partial charge in [-0.15, -0.1) is 5.10 Å². The Labute approximate surface area is 303 Å². The summed E-state index contributed by atoms with van der Waals surface area (Å²) in [5.41, 5.74) is 0.528. The highest BCUT2D eigenvalue weighted by Gasteiger charge is 2.75. The number of benzene rings is 2. The topological polar surface area (TPSA) is 156 Å². The maximum Gasteiger partial charge on any atom is 0.313 e. The smallest absolute Gasteiger partial charge is 0.313 e. The number of para-hydroxylation sites is 1. The monoisotopic (exact) mass is 760 g/mol. The summed E-state index contributed by atoms with van der Waals surface area (Å²) < 4.78 is 15.0. The van der Waals surface area contributed by atoms with Crippen LogP contribution in [0.5, 0.6) is 0 Å². The zero-order valence-corrected chi connectivity index (χ0v) is 30.0. The normalized spacial score (nSPS) is 29.7. The van der Waals surface area contributed by atoms with E-state index in [9.17, 15) is 19.5 Å². The van der Waals surface area contributed by atoms with Gasteiger partial charge in [-0.1, -0.05) is 89.6 Å². The second-order valence-corrected chi connectivity index (χ2v) is 14.9. The van der Waals surface area contributed by atoms with Crippen LogP contribution < -0.4 is 5.32 Å². The Kier molecular flexibility index (Phi) is 9.83. The van der Waals surface area contributed by atoms with Crippen molar-refractivity contribution < 1.29 is 33.8 Å². The van der Waals surface area contributed by atoms with E-state index in [1.165, 1.54) is 4.90 Å². The van der Waals surface area contributed by atoms with Crippen molar-refractivity contribution in [3.8, 4) is 0 Å². The number of hydrogen-bond donors (Lipinski definition) is 2. The summed E-state index contributed by atoms with van der Waals surface area (Å²) in [7, 11) is 0. The van der Waals surface area contributed by atoms with Gasteiger partial charge in [-0.05, 0) is 42.5 Å². The van der Waals surface area contributed by atoms with Crippen LogP contribution in [-0.4, -0.2) is 97.1 Å². The molecule has 4 aliphatic heterocycles. The van der Waals surface area contributed by atoms with Crippen molar-refractivity contribution in [1.82, 2.24) is 30.1 Å². The minimum atomic E-state index is -1.53. The van der Waals surface area contributed by atoms with Crippen LogP contribution in [0, 0.1) is 17.8 Å². The van der Waals surface area contributed by atoms with E-state index >= 15 is 4.79 Å². The molecule has 1 spiro atoms. The number of carbonyl (C=O) groups is 4. The Morgan fingerprint density at radius 2 is 1.80 bits per heavy atom. The zero-order valence-electron chi connectivity index (χ0n) is 28.4. The maximum absolute atomic E-state index is 15.2. The molecule has 2 fully saturated rings. The van der Waals surface area contributed by atoms with Crippen molar-refractivity contribution in [1.29, 1.82) is 0 Å². The van der Waals surface area contributed by atoms with Crippen molar-refractivity contribution in [3.63, 3.8) is 0 Å². The van der Waals surface area contributed by atoms with Crippen LogP contribution >= 0.6 is 15.9 Å². The average molecular weight is 762 g/mol. The molecule has 7 atom stereocenters. The van der Waals surface area contributed by atoms with Crippen molar-refractivity contribution in [2.24, 2.45) is 17.8 Å². The Hall–Kier alpha value is -4.40. The lowest BCUT2D eigenvalue weighted by Gasteiger charge is -2.39. The summed E-state index contributed by atoms with van der Waals surface area (Å²) in [5, 5.41) is 22.2. The minimum absolute atomic E-state index is 0.00401. The van der Waals surface area contributed by atoms with Gasteiger partial charge in [0.25, 0.3) is 5.91 Å². The van der Waals surface area contributed by atoms with Crippen molar-refractivity contribution >= 4 is 50.7 Å². The van der Waals surface area contributed by atoms with Crippen LogP contribution in [0.1, 0.15) is 44.8 Å². The van der Waals surface area contributed by atoms with Gasteiger partial charge >= 0.3 is 5.97 Å². The third-order valence-electron chi connectivity index (χ3n) is 10.2. The maximum atomic E-state index is 15.2. The molecule has 0 radical (unpaired) electrons. The quantitative estimate of drug-likeness (QED) is 0.273. The number of amides is 3. The number of rotatable bonds is 7. The van der Waals surface area contributed by atoms with E-state index in [0.29, 0.717) is 33.9 Å². The molecule has 3 amide bonds. The van der Waals surface area contributed by atoms with E-state index in [-0.39, 0.29) is 44.6 Å². The van der Waals surface area contributed by atoms with Crippen LogP contribution in [0.15, 0.2) is 77.3 Å². The number of aliphatic hydroxyl groups is 1. The number of aromatic nitrogens is 3. The molecule has 51 heavy (non-hydrogen) atoms. The molecule has 5 heterocycles. The van der Waals surface area contributed by atoms with E-state index < -0.39 is 59.5 Å². The Morgan fingerprint density at radius 3 is 2.57 bits per heavy atom. The van der Waals surface area contributed by atoms with Crippen molar-refractivity contribution in [3.05, 3.63) is 82.9 Å². The first-order valence-corrected chi connectivity index (χ1v) is 18.2. The van der Waals surface area contributed by atoms with E-state index in [1.54, 1.807) is 15.7 Å². The first-order chi connectivity index (χ1) is 24.6. The molecule has 0 aliphatic carbocycles. The number of nitrogens with zero attached hydrogens (tertiary/aromatic N) is 5. The lowest BCUT2D eigenvalue weighted by Crippen LogP contribution is -2.58. The first-order valence-electron chi connectivity index (χ1n) is 17.4. The predicted molar refractivity (Wildman–Crippen MR) is 188 cm³/mol. The number of allylic oxidation sites excluding steroid dienone is 1. The van der Waals surface area contributed by atoms with Crippen LogP contribution in [0.2, 0.25) is 0 Å². The lowest BCUT2D eigenvalue weighted by molar-refractivity contribution is -0.160. The summed E-state index contributed by atoms with van der Waals surface area (Å²) in [4.78, 5) is 60.3. The number of fused-ring (bicyclic) bond motifs is 3. The van der Waals surface area contributed by atoms with Gasteiger partial charge in [-0.25, -0.2) is 4.68 Å². The van der Waals surface area contributed by atoms with E-state index in [1.807, 2.05) is 80.6 Å². The highest BCUT2D eigenvalue weighted by molar-refractivity contribution is 9.11. The highest BCUT2D eigenvalue weighted by atomic mass is 79.9.